The van der Waals surface area contributed by atoms with E-state index in [1.54, 1.807) is 0 Å². The third-order valence-electron chi connectivity index (χ3n) is 7.68. The molecule has 0 aliphatic heterocycles. The van der Waals surface area contributed by atoms with Crippen molar-refractivity contribution in [3.63, 3.8) is 0 Å². The fourth-order valence-corrected chi connectivity index (χ4v) is 4.63. The highest BCUT2D eigenvalue weighted by molar-refractivity contribution is 5.75. The Morgan fingerprint density at radius 2 is 0.778 bits per heavy atom. The molecule has 0 fully saturated rings. The van der Waals surface area contributed by atoms with Crippen LogP contribution in [0, 0.1) is 13.8 Å². The van der Waals surface area contributed by atoms with E-state index in [9.17, 15) is 4.79 Å². The molecule has 54 heavy (non-hydrogen) atoms. The summed E-state index contributed by atoms with van der Waals surface area (Å²) in [5, 5.41) is 2.66. The van der Waals surface area contributed by atoms with Crippen LogP contribution in [0.2, 0.25) is 0 Å². The molecule has 0 bridgehead atoms. The molecule has 0 aliphatic rings. The molecule has 0 spiro atoms. The Labute approximate surface area is 340 Å². The fourth-order valence-electron chi connectivity index (χ4n) is 4.63. The van der Waals surface area contributed by atoms with Gasteiger partial charge in [0, 0.05) is 13.0 Å². The summed E-state index contributed by atoms with van der Waals surface area (Å²) < 4.78 is 0. The molecule has 1 amide bonds. The van der Waals surface area contributed by atoms with Crippen LogP contribution in [0.25, 0.3) is 0 Å². The lowest BCUT2D eigenvalue weighted by molar-refractivity contribution is -0.120. The SMILES string of the molecule is C=C(C)CCC.C=C(C)CCC.C=C(CC)CCC.C=C(CCC)CCC.CCCc1ccc(C)cc1.CCCc1ccc(C)cc1.CCNC(=O)CC. The van der Waals surface area contributed by atoms with Gasteiger partial charge < -0.3 is 5.32 Å². The lowest BCUT2D eigenvalue weighted by atomic mass is 10.1. The lowest BCUT2D eigenvalue weighted by Crippen LogP contribution is -2.20. The highest BCUT2D eigenvalue weighted by atomic mass is 16.1. The second-order valence-corrected chi connectivity index (χ2v) is 14.3. The minimum Gasteiger partial charge on any atom is -0.356 e. The number of nitrogens with one attached hydrogen (secondary N) is 1. The molecule has 0 aromatic heterocycles. The van der Waals surface area contributed by atoms with Crippen LogP contribution < -0.4 is 5.32 Å². The van der Waals surface area contributed by atoms with E-state index in [4.69, 9.17) is 0 Å². The maximum atomic E-state index is 10.3. The van der Waals surface area contributed by atoms with Gasteiger partial charge in [-0.3, -0.25) is 4.79 Å². The van der Waals surface area contributed by atoms with Gasteiger partial charge in [0.05, 0.1) is 0 Å². The molecular weight excluding hydrogens is 655 g/mol. The van der Waals surface area contributed by atoms with E-state index in [2.05, 4.69) is 163 Å². The molecule has 2 rings (SSSR count). The van der Waals surface area contributed by atoms with E-state index < -0.39 is 0 Å². The Bertz CT molecular complexity index is 1030. The van der Waals surface area contributed by atoms with Gasteiger partial charge in [0.25, 0.3) is 0 Å². The number of hydrogen-bond donors (Lipinski definition) is 1. The highest BCUT2D eigenvalue weighted by Crippen LogP contribution is 2.08. The Morgan fingerprint density at radius 1 is 0.463 bits per heavy atom. The number of allylic oxidation sites excluding steroid dienone is 4. The third kappa shape index (κ3) is 55.6. The zero-order chi connectivity index (χ0) is 42.6. The second kappa shape index (κ2) is 47.9. The van der Waals surface area contributed by atoms with Crippen molar-refractivity contribution in [1.29, 1.82) is 0 Å². The van der Waals surface area contributed by atoms with Gasteiger partial charge in [-0.25, -0.2) is 0 Å². The Hall–Kier alpha value is -3.13. The minimum atomic E-state index is 0.127. The normalized spacial score (nSPS) is 9.07. The zero-order valence-corrected chi connectivity index (χ0v) is 38.9. The second-order valence-electron chi connectivity index (χ2n) is 14.3. The fraction of sp³-hybridized carbons (Fsp3) is 0.596. The molecule has 0 heterocycles. The van der Waals surface area contributed by atoms with Gasteiger partial charge in [0.2, 0.25) is 5.91 Å². The maximum Gasteiger partial charge on any atom is 0.219 e. The van der Waals surface area contributed by atoms with Crippen molar-refractivity contribution in [3.8, 4) is 0 Å². The number of aryl methyl sites for hydroxylation is 4. The number of benzene rings is 2. The molecule has 2 aromatic rings. The van der Waals surface area contributed by atoms with Crippen LogP contribution >= 0.6 is 0 Å². The van der Waals surface area contributed by atoms with Gasteiger partial charge in [-0.1, -0.05) is 202 Å². The average molecular weight is 748 g/mol. The molecule has 2 aromatic carbocycles. The van der Waals surface area contributed by atoms with Crippen LogP contribution in [0.4, 0.5) is 0 Å². The first-order valence-corrected chi connectivity index (χ1v) is 21.6. The van der Waals surface area contributed by atoms with Crippen LogP contribution in [0.15, 0.2) is 97.1 Å². The molecule has 312 valence electrons. The first-order valence-electron chi connectivity index (χ1n) is 21.6. The molecule has 1 N–H and O–H groups in total. The first-order chi connectivity index (χ1) is 25.6. The molecule has 0 unspecified atom stereocenters. The molecule has 0 aliphatic carbocycles. The van der Waals surface area contributed by atoms with Gasteiger partial charge in [-0.05, 0) is 97.1 Å². The summed E-state index contributed by atoms with van der Waals surface area (Å²) in [5.41, 5.74) is 11.0. The summed E-state index contributed by atoms with van der Waals surface area (Å²) in [4.78, 5) is 10.3. The smallest absolute Gasteiger partial charge is 0.219 e. The number of rotatable bonds is 17. The molecule has 2 nitrogen and oxygen atoms in total. The number of hydrogen-bond acceptors (Lipinski definition) is 1. The predicted molar refractivity (Wildman–Crippen MR) is 252 cm³/mol. The average Bonchev–Trinajstić information content (AvgIpc) is 3.12. The molecular formula is C52H93NO. The Morgan fingerprint density at radius 3 is 0.944 bits per heavy atom. The molecule has 0 saturated heterocycles. The Balaban J connectivity index is -0.000000175. The van der Waals surface area contributed by atoms with E-state index in [1.807, 2.05) is 13.8 Å². The van der Waals surface area contributed by atoms with Crippen molar-refractivity contribution in [3.05, 3.63) is 119 Å². The number of amides is 1. The summed E-state index contributed by atoms with van der Waals surface area (Å²) in [6.45, 7) is 45.6. The zero-order valence-electron chi connectivity index (χ0n) is 38.9. The monoisotopic (exact) mass is 748 g/mol. The summed E-state index contributed by atoms with van der Waals surface area (Å²) in [7, 11) is 0. The van der Waals surface area contributed by atoms with E-state index in [0.29, 0.717) is 6.42 Å². The van der Waals surface area contributed by atoms with Gasteiger partial charge in [0.15, 0.2) is 0 Å². The van der Waals surface area contributed by atoms with Crippen molar-refractivity contribution in [2.45, 2.75) is 200 Å². The maximum absolute atomic E-state index is 10.3. The van der Waals surface area contributed by atoms with Crippen LogP contribution in [0.3, 0.4) is 0 Å². The van der Waals surface area contributed by atoms with Crippen LogP contribution in [-0.2, 0) is 17.6 Å². The van der Waals surface area contributed by atoms with E-state index in [0.717, 1.165) is 13.0 Å². The first kappa shape index (κ1) is 60.1. The van der Waals surface area contributed by atoms with Crippen molar-refractivity contribution < 1.29 is 4.79 Å². The minimum absolute atomic E-state index is 0.127. The molecule has 0 saturated carbocycles. The van der Waals surface area contributed by atoms with Gasteiger partial charge in [-0.2, -0.15) is 0 Å². The highest BCUT2D eigenvalue weighted by Gasteiger charge is 1.90. The van der Waals surface area contributed by atoms with E-state index in [1.165, 1.54) is 134 Å². The largest absolute Gasteiger partial charge is 0.356 e. The van der Waals surface area contributed by atoms with Crippen LogP contribution in [0.5, 0.6) is 0 Å². The van der Waals surface area contributed by atoms with Crippen LogP contribution in [0.1, 0.15) is 195 Å². The molecule has 2 heteroatoms. The third-order valence-corrected chi connectivity index (χ3v) is 7.68. The van der Waals surface area contributed by atoms with Gasteiger partial charge in [0.1, 0.15) is 0 Å². The van der Waals surface area contributed by atoms with E-state index >= 15 is 0 Å². The summed E-state index contributed by atoms with van der Waals surface area (Å²) in [6.07, 6.45) is 18.8. The van der Waals surface area contributed by atoms with E-state index in [-0.39, 0.29) is 5.91 Å². The van der Waals surface area contributed by atoms with Crippen molar-refractivity contribution in [2.24, 2.45) is 0 Å². The summed E-state index contributed by atoms with van der Waals surface area (Å²) in [6, 6.07) is 17.5. The predicted octanol–water partition coefficient (Wildman–Crippen LogP) is 17.0. The lowest BCUT2D eigenvalue weighted by Gasteiger charge is -1.97. The number of carbonyl (C=O) groups is 1. The van der Waals surface area contributed by atoms with Crippen LogP contribution in [-0.4, -0.2) is 12.5 Å². The molecule has 0 radical (unpaired) electrons. The van der Waals surface area contributed by atoms with Crippen molar-refractivity contribution in [2.75, 3.05) is 6.54 Å². The molecule has 0 atom stereocenters. The quantitative estimate of drug-likeness (QED) is 0.160. The number of carbonyl (C=O) groups excluding carboxylic acids is 1. The van der Waals surface area contributed by atoms with Crippen molar-refractivity contribution in [1.82, 2.24) is 5.32 Å². The summed E-state index contributed by atoms with van der Waals surface area (Å²) >= 11 is 0. The van der Waals surface area contributed by atoms with Gasteiger partial charge >= 0.3 is 0 Å². The topological polar surface area (TPSA) is 29.1 Å². The Kier molecular flexibility index (Phi) is 53.3. The standard InChI is InChI=1S/2C10H14.C8H16.C7H14.2C6H12.C5H11NO/c2*1-3-4-10-7-5-9(2)6-8-10;1-4-6-8(3)7-5-2;1-4-6-7(3)5-2;2*1-4-5-6(2)3;1-3-5(7)6-4-2/h2*5-8H,3-4H2,1-2H3;3-7H2,1-2H3;3-6H2,1-2H3;2*2,4-5H2,1,3H3;3-4H2,1-2H3,(H,6,7). The van der Waals surface area contributed by atoms with Crippen molar-refractivity contribution >= 4 is 5.91 Å². The van der Waals surface area contributed by atoms with Gasteiger partial charge in [-0.15, -0.1) is 13.2 Å². The summed E-state index contributed by atoms with van der Waals surface area (Å²) in [5.74, 6) is 0.127.